The van der Waals surface area contributed by atoms with Gasteiger partial charge in [-0.25, -0.2) is 0 Å². The predicted octanol–water partition coefficient (Wildman–Crippen LogP) is 2.51. The van der Waals surface area contributed by atoms with Crippen LogP contribution in [0.15, 0.2) is 30.3 Å². The number of nitrogens with one attached hydrogen (secondary N) is 1. The molecule has 2 nitrogen and oxygen atoms in total. The summed E-state index contributed by atoms with van der Waals surface area (Å²) in [6.45, 7) is 10.1. The molecule has 0 amide bonds. The maximum absolute atomic E-state index is 3.48. The highest BCUT2D eigenvalue weighted by molar-refractivity contribution is 5.14. The van der Waals surface area contributed by atoms with Crippen molar-refractivity contribution in [3.8, 4) is 0 Å². The zero-order valence-corrected chi connectivity index (χ0v) is 10.6. The monoisotopic (exact) mass is 220 g/mol. The molecule has 0 atom stereocenters. The van der Waals surface area contributed by atoms with E-state index >= 15 is 0 Å². The summed E-state index contributed by atoms with van der Waals surface area (Å²) in [5.41, 5.74) is 1.37. The van der Waals surface area contributed by atoms with Crippen molar-refractivity contribution in [3.05, 3.63) is 35.9 Å². The molecule has 0 fully saturated rings. The smallest absolute Gasteiger partial charge is 0.0205 e. The van der Waals surface area contributed by atoms with E-state index in [1.807, 2.05) is 0 Å². The second kappa shape index (κ2) is 8.31. The molecule has 90 valence electrons. The third-order valence-corrected chi connectivity index (χ3v) is 2.89. The van der Waals surface area contributed by atoms with Gasteiger partial charge in [0, 0.05) is 6.54 Å². The van der Waals surface area contributed by atoms with Crippen molar-refractivity contribution >= 4 is 0 Å². The van der Waals surface area contributed by atoms with Gasteiger partial charge in [-0.3, -0.25) is 0 Å². The zero-order chi connectivity index (χ0) is 11.6. The highest BCUT2D eigenvalue weighted by Gasteiger charge is 1.97. The van der Waals surface area contributed by atoms with Crippen molar-refractivity contribution in [2.75, 3.05) is 26.2 Å². The lowest BCUT2D eigenvalue weighted by molar-refractivity contribution is 0.298. The summed E-state index contributed by atoms with van der Waals surface area (Å²) in [7, 11) is 0. The van der Waals surface area contributed by atoms with E-state index in [9.17, 15) is 0 Å². The van der Waals surface area contributed by atoms with E-state index in [4.69, 9.17) is 0 Å². The van der Waals surface area contributed by atoms with Crippen LogP contribution in [0.25, 0.3) is 0 Å². The Morgan fingerprint density at radius 2 is 1.75 bits per heavy atom. The summed E-state index contributed by atoms with van der Waals surface area (Å²) in [5, 5.41) is 3.48. The minimum Gasteiger partial charge on any atom is -0.313 e. The van der Waals surface area contributed by atoms with Crippen molar-refractivity contribution in [2.24, 2.45) is 0 Å². The third-order valence-electron chi connectivity index (χ3n) is 2.89. The van der Waals surface area contributed by atoms with E-state index in [0.29, 0.717) is 0 Å². The van der Waals surface area contributed by atoms with Crippen molar-refractivity contribution in [2.45, 2.75) is 26.8 Å². The van der Waals surface area contributed by atoms with Crippen molar-refractivity contribution in [1.82, 2.24) is 10.2 Å². The third kappa shape index (κ3) is 5.29. The van der Waals surface area contributed by atoms with Gasteiger partial charge < -0.3 is 10.2 Å². The normalized spacial score (nSPS) is 10.9. The summed E-state index contributed by atoms with van der Waals surface area (Å²) in [6, 6.07) is 10.6. The Balaban J connectivity index is 2.04. The molecule has 0 radical (unpaired) electrons. The molecule has 0 aliphatic heterocycles. The van der Waals surface area contributed by atoms with E-state index in [-0.39, 0.29) is 0 Å². The Labute approximate surface area is 99.7 Å². The Morgan fingerprint density at radius 3 is 2.38 bits per heavy atom. The van der Waals surface area contributed by atoms with Gasteiger partial charge in [-0.1, -0.05) is 44.2 Å². The second-order valence-corrected chi connectivity index (χ2v) is 4.04. The minimum absolute atomic E-state index is 0.985. The molecule has 2 heteroatoms. The van der Waals surface area contributed by atoms with Crippen LogP contribution in [0.5, 0.6) is 0 Å². The molecular weight excluding hydrogens is 196 g/mol. The number of benzene rings is 1. The lowest BCUT2D eigenvalue weighted by Crippen LogP contribution is -2.27. The number of rotatable bonds is 8. The molecule has 0 aliphatic carbocycles. The standard InChI is InChI=1S/C14H24N2/c1-3-16(4-2)12-8-11-15-13-14-9-6-5-7-10-14/h5-7,9-10,15H,3-4,8,11-13H2,1-2H3. The van der Waals surface area contributed by atoms with Gasteiger partial charge >= 0.3 is 0 Å². The van der Waals surface area contributed by atoms with Gasteiger partial charge in [0.25, 0.3) is 0 Å². The van der Waals surface area contributed by atoms with E-state index in [0.717, 1.165) is 26.2 Å². The molecule has 0 aromatic heterocycles. The fraction of sp³-hybridized carbons (Fsp3) is 0.571. The highest BCUT2D eigenvalue weighted by atomic mass is 15.1. The lowest BCUT2D eigenvalue weighted by atomic mass is 10.2. The molecule has 0 saturated heterocycles. The SMILES string of the molecule is CCN(CC)CCCNCc1ccccc1. The summed E-state index contributed by atoms with van der Waals surface area (Å²) < 4.78 is 0. The van der Waals surface area contributed by atoms with Crippen molar-refractivity contribution < 1.29 is 0 Å². The van der Waals surface area contributed by atoms with Crippen LogP contribution in [0.2, 0.25) is 0 Å². The molecule has 0 unspecified atom stereocenters. The van der Waals surface area contributed by atoms with Crippen LogP contribution in [-0.2, 0) is 6.54 Å². The van der Waals surface area contributed by atoms with E-state index < -0.39 is 0 Å². The molecule has 1 N–H and O–H groups in total. The minimum atomic E-state index is 0.985. The average Bonchev–Trinajstić information content (AvgIpc) is 2.35. The van der Waals surface area contributed by atoms with Gasteiger partial charge in [0.15, 0.2) is 0 Å². The first-order valence-corrected chi connectivity index (χ1v) is 6.33. The average molecular weight is 220 g/mol. The number of hydrogen-bond donors (Lipinski definition) is 1. The largest absolute Gasteiger partial charge is 0.313 e. The highest BCUT2D eigenvalue weighted by Crippen LogP contribution is 1.97. The van der Waals surface area contributed by atoms with Gasteiger partial charge in [0.1, 0.15) is 0 Å². The number of nitrogens with zero attached hydrogens (tertiary/aromatic N) is 1. The molecule has 0 heterocycles. The fourth-order valence-corrected chi connectivity index (χ4v) is 1.80. The predicted molar refractivity (Wildman–Crippen MR) is 70.6 cm³/mol. The second-order valence-electron chi connectivity index (χ2n) is 4.04. The summed E-state index contributed by atoms with van der Waals surface area (Å²) in [6.07, 6.45) is 1.23. The summed E-state index contributed by atoms with van der Waals surface area (Å²) >= 11 is 0. The van der Waals surface area contributed by atoms with Gasteiger partial charge in [-0.15, -0.1) is 0 Å². The van der Waals surface area contributed by atoms with Gasteiger partial charge in [-0.05, 0) is 38.2 Å². The van der Waals surface area contributed by atoms with Gasteiger partial charge in [0.05, 0.1) is 0 Å². The van der Waals surface area contributed by atoms with E-state index in [1.165, 1.54) is 18.5 Å². The molecule has 0 aliphatic rings. The van der Waals surface area contributed by atoms with Crippen LogP contribution in [0.3, 0.4) is 0 Å². The molecule has 0 spiro atoms. The first kappa shape index (κ1) is 13.2. The van der Waals surface area contributed by atoms with Gasteiger partial charge in [0.2, 0.25) is 0 Å². The Kier molecular flexibility index (Phi) is 6.86. The molecule has 16 heavy (non-hydrogen) atoms. The molecule has 0 bridgehead atoms. The van der Waals surface area contributed by atoms with Crippen LogP contribution >= 0.6 is 0 Å². The Morgan fingerprint density at radius 1 is 1.06 bits per heavy atom. The van der Waals surface area contributed by atoms with Crippen LogP contribution in [0, 0.1) is 0 Å². The quantitative estimate of drug-likeness (QED) is 0.677. The maximum Gasteiger partial charge on any atom is 0.0205 e. The maximum atomic E-state index is 3.48. The molecule has 1 rings (SSSR count). The first-order valence-electron chi connectivity index (χ1n) is 6.33. The van der Waals surface area contributed by atoms with E-state index in [2.05, 4.69) is 54.4 Å². The Bertz CT molecular complexity index is 255. The van der Waals surface area contributed by atoms with Crippen LogP contribution < -0.4 is 5.32 Å². The first-order chi connectivity index (χ1) is 7.86. The van der Waals surface area contributed by atoms with Crippen LogP contribution in [0.1, 0.15) is 25.8 Å². The fourth-order valence-electron chi connectivity index (χ4n) is 1.80. The Hall–Kier alpha value is -0.860. The van der Waals surface area contributed by atoms with Crippen LogP contribution in [0.4, 0.5) is 0 Å². The number of hydrogen-bond acceptors (Lipinski definition) is 2. The van der Waals surface area contributed by atoms with Gasteiger partial charge in [-0.2, -0.15) is 0 Å². The van der Waals surface area contributed by atoms with Crippen molar-refractivity contribution in [3.63, 3.8) is 0 Å². The van der Waals surface area contributed by atoms with Crippen LogP contribution in [-0.4, -0.2) is 31.1 Å². The molecule has 1 aromatic carbocycles. The summed E-state index contributed by atoms with van der Waals surface area (Å²) in [5.74, 6) is 0. The molecule has 0 saturated carbocycles. The van der Waals surface area contributed by atoms with E-state index in [1.54, 1.807) is 0 Å². The zero-order valence-electron chi connectivity index (χ0n) is 10.6. The topological polar surface area (TPSA) is 15.3 Å². The molecule has 1 aromatic rings. The summed E-state index contributed by atoms with van der Waals surface area (Å²) in [4.78, 5) is 2.46. The lowest BCUT2D eigenvalue weighted by Gasteiger charge is -2.17. The molecular formula is C14H24N2. The van der Waals surface area contributed by atoms with Crippen molar-refractivity contribution in [1.29, 1.82) is 0 Å².